The molecule has 7 nitrogen and oxygen atoms in total. The van der Waals surface area contributed by atoms with Gasteiger partial charge in [0, 0.05) is 36.8 Å². The smallest absolute Gasteiger partial charge is 0.276 e. The molecule has 0 saturated heterocycles. The fraction of sp³-hybridized carbons (Fsp3) is 0.158. The van der Waals surface area contributed by atoms with E-state index in [4.69, 9.17) is 9.78 Å². The van der Waals surface area contributed by atoms with E-state index in [0.717, 1.165) is 16.8 Å². The Hall–Kier alpha value is -3.66. The third-order valence-corrected chi connectivity index (χ3v) is 4.40. The van der Waals surface area contributed by atoms with Crippen LogP contribution in [-0.4, -0.2) is 27.5 Å². The summed E-state index contributed by atoms with van der Waals surface area (Å²) in [5.74, 6) is 0.286. The molecular formula is C19H14N4O3. The molecule has 1 amide bonds. The molecular weight excluding hydrogens is 332 g/mol. The lowest BCUT2D eigenvalue weighted by molar-refractivity contribution is 0.0723. The van der Waals surface area contributed by atoms with Crippen LogP contribution in [0.15, 0.2) is 51.8 Å². The van der Waals surface area contributed by atoms with Crippen molar-refractivity contribution in [2.75, 3.05) is 6.54 Å². The minimum atomic E-state index is -0.393. The van der Waals surface area contributed by atoms with Crippen molar-refractivity contribution in [1.82, 2.24) is 15.0 Å². The van der Waals surface area contributed by atoms with Crippen molar-refractivity contribution in [3.63, 3.8) is 0 Å². The highest BCUT2D eigenvalue weighted by Crippen LogP contribution is 2.22. The van der Waals surface area contributed by atoms with Gasteiger partial charge in [-0.15, -0.1) is 0 Å². The first-order chi connectivity index (χ1) is 12.7. The average molecular weight is 346 g/mol. The van der Waals surface area contributed by atoms with Gasteiger partial charge in [-0.2, -0.15) is 5.26 Å². The van der Waals surface area contributed by atoms with Gasteiger partial charge in [-0.1, -0.05) is 35.5 Å². The average Bonchev–Trinajstić information content (AvgIpc) is 3.17. The summed E-state index contributed by atoms with van der Waals surface area (Å²) >= 11 is 0. The summed E-state index contributed by atoms with van der Waals surface area (Å²) in [4.78, 5) is 28.8. The highest BCUT2D eigenvalue weighted by atomic mass is 16.5. The van der Waals surface area contributed by atoms with Crippen LogP contribution < -0.4 is 5.56 Å². The molecule has 3 heterocycles. The number of rotatable bonds is 2. The van der Waals surface area contributed by atoms with Gasteiger partial charge in [0.2, 0.25) is 0 Å². The molecule has 1 aliphatic heterocycles. The van der Waals surface area contributed by atoms with Crippen LogP contribution in [0.2, 0.25) is 0 Å². The van der Waals surface area contributed by atoms with Crippen molar-refractivity contribution in [2.45, 2.75) is 13.0 Å². The van der Waals surface area contributed by atoms with E-state index in [1.807, 2.05) is 36.4 Å². The molecule has 1 N–H and O–H groups in total. The second-order valence-electron chi connectivity index (χ2n) is 6.05. The number of benzene rings is 1. The minimum absolute atomic E-state index is 0.0471. The van der Waals surface area contributed by atoms with Crippen molar-refractivity contribution in [1.29, 1.82) is 5.26 Å². The largest absolute Gasteiger partial charge is 0.355 e. The monoisotopic (exact) mass is 346 g/mol. The first-order valence-electron chi connectivity index (χ1n) is 8.12. The van der Waals surface area contributed by atoms with E-state index in [9.17, 15) is 9.59 Å². The predicted octanol–water partition coefficient (Wildman–Crippen LogP) is 2.10. The quantitative estimate of drug-likeness (QED) is 0.765. The maximum Gasteiger partial charge on any atom is 0.276 e. The third-order valence-electron chi connectivity index (χ3n) is 4.40. The van der Waals surface area contributed by atoms with Crippen LogP contribution in [0.1, 0.15) is 27.3 Å². The van der Waals surface area contributed by atoms with Crippen LogP contribution in [0.5, 0.6) is 0 Å². The number of carbonyl (C=O) groups excluding carboxylic acids is 1. The van der Waals surface area contributed by atoms with Crippen LogP contribution in [0.25, 0.3) is 11.3 Å². The van der Waals surface area contributed by atoms with Gasteiger partial charge in [0.15, 0.2) is 11.5 Å². The van der Waals surface area contributed by atoms with Crippen LogP contribution in [-0.2, 0) is 13.0 Å². The lowest BCUT2D eigenvalue weighted by Gasteiger charge is -2.27. The second kappa shape index (κ2) is 6.33. The Labute approximate surface area is 148 Å². The molecule has 3 aromatic rings. The Bertz CT molecular complexity index is 1080. The highest BCUT2D eigenvalue weighted by Gasteiger charge is 2.25. The summed E-state index contributed by atoms with van der Waals surface area (Å²) in [6.45, 7) is 0.772. The molecule has 0 atom stereocenters. The second-order valence-corrected chi connectivity index (χ2v) is 6.05. The van der Waals surface area contributed by atoms with Crippen LogP contribution in [0, 0.1) is 11.3 Å². The molecule has 7 heteroatoms. The number of pyridine rings is 1. The minimum Gasteiger partial charge on any atom is -0.355 e. The number of fused-ring (bicyclic) bond motifs is 1. The summed E-state index contributed by atoms with van der Waals surface area (Å²) in [5.41, 5.74) is 2.27. The summed E-state index contributed by atoms with van der Waals surface area (Å²) in [6, 6.07) is 14.5. The van der Waals surface area contributed by atoms with Crippen molar-refractivity contribution in [3.8, 4) is 17.4 Å². The molecule has 4 rings (SSSR count). The molecule has 128 valence electrons. The molecule has 0 bridgehead atoms. The lowest BCUT2D eigenvalue weighted by Crippen LogP contribution is -2.37. The summed E-state index contributed by atoms with van der Waals surface area (Å²) in [6.07, 6.45) is 0.519. The van der Waals surface area contributed by atoms with Crippen molar-refractivity contribution >= 4 is 5.91 Å². The number of amides is 1. The zero-order valence-electron chi connectivity index (χ0n) is 13.7. The first kappa shape index (κ1) is 15.8. The fourth-order valence-electron chi connectivity index (χ4n) is 3.04. The molecule has 0 radical (unpaired) electrons. The van der Waals surface area contributed by atoms with Gasteiger partial charge in [-0.05, 0) is 11.6 Å². The Morgan fingerprint density at radius 3 is 2.85 bits per heavy atom. The molecule has 0 spiro atoms. The molecule has 0 fully saturated rings. The normalized spacial score (nSPS) is 13.1. The third kappa shape index (κ3) is 2.78. The molecule has 0 saturated carbocycles. The van der Waals surface area contributed by atoms with Gasteiger partial charge in [0.25, 0.3) is 11.5 Å². The van der Waals surface area contributed by atoms with Crippen molar-refractivity contribution in [3.05, 3.63) is 75.3 Å². The molecule has 1 aliphatic rings. The number of hydrogen-bond donors (Lipinski definition) is 1. The van der Waals surface area contributed by atoms with Crippen molar-refractivity contribution < 1.29 is 9.32 Å². The van der Waals surface area contributed by atoms with E-state index in [0.29, 0.717) is 25.3 Å². The zero-order chi connectivity index (χ0) is 18.1. The number of aromatic nitrogens is 2. The van der Waals surface area contributed by atoms with Gasteiger partial charge in [0.1, 0.15) is 11.6 Å². The Morgan fingerprint density at radius 1 is 1.27 bits per heavy atom. The summed E-state index contributed by atoms with van der Waals surface area (Å²) < 4.78 is 5.30. The van der Waals surface area contributed by atoms with Gasteiger partial charge in [-0.25, -0.2) is 0 Å². The van der Waals surface area contributed by atoms with Crippen LogP contribution in [0.3, 0.4) is 0 Å². The summed E-state index contributed by atoms with van der Waals surface area (Å²) in [7, 11) is 0. The number of nitrogens with one attached hydrogen (secondary N) is 1. The fourth-order valence-corrected chi connectivity index (χ4v) is 3.04. The van der Waals surface area contributed by atoms with Crippen molar-refractivity contribution in [2.24, 2.45) is 0 Å². The number of hydrogen-bond acceptors (Lipinski definition) is 5. The number of nitrogens with zero attached hydrogens (tertiary/aromatic N) is 3. The van der Waals surface area contributed by atoms with E-state index in [1.165, 1.54) is 0 Å². The standard InChI is InChI=1S/C19H14N4O3/c20-10-13-8-14-11-23(7-6-15(14)21-18(13)24)19(25)16-9-17(26-22-16)12-4-2-1-3-5-12/h1-5,8-9H,6-7,11H2,(H,21,24). The predicted molar refractivity (Wildman–Crippen MR) is 92.2 cm³/mol. The molecule has 0 aliphatic carbocycles. The van der Waals surface area contributed by atoms with E-state index < -0.39 is 5.56 Å². The SMILES string of the molecule is N#Cc1cc2c([nH]c1=O)CCN(C(=O)c1cc(-c3ccccc3)on1)C2. The van der Waals surface area contributed by atoms with Gasteiger partial charge < -0.3 is 14.4 Å². The Balaban J connectivity index is 1.58. The number of aromatic amines is 1. The molecule has 26 heavy (non-hydrogen) atoms. The first-order valence-corrected chi connectivity index (χ1v) is 8.12. The topological polar surface area (TPSA) is 103 Å². The molecule has 1 aromatic carbocycles. The van der Waals surface area contributed by atoms with E-state index >= 15 is 0 Å². The lowest BCUT2D eigenvalue weighted by atomic mass is 10.0. The van der Waals surface area contributed by atoms with Gasteiger partial charge >= 0.3 is 0 Å². The number of H-pyrrole nitrogens is 1. The van der Waals surface area contributed by atoms with E-state index in [2.05, 4.69) is 10.1 Å². The van der Waals surface area contributed by atoms with E-state index in [1.54, 1.807) is 17.0 Å². The maximum absolute atomic E-state index is 12.7. The van der Waals surface area contributed by atoms with E-state index in [-0.39, 0.29) is 17.2 Å². The molecule has 2 aromatic heterocycles. The summed E-state index contributed by atoms with van der Waals surface area (Å²) in [5, 5.41) is 12.9. The Morgan fingerprint density at radius 2 is 2.08 bits per heavy atom. The zero-order valence-corrected chi connectivity index (χ0v) is 13.7. The number of carbonyl (C=O) groups is 1. The Kier molecular flexibility index (Phi) is 3.86. The van der Waals surface area contributed by atoms with Crippen LogP contribution >= 0.6 is 0 Å². The molecule has 0 unspecified atom stereocenters. The van der Waals surface area contributed by atoms with Crippen LogP contribution in [0.4, 0.5) is 0 Å². The van der Waals surface area contributed by atoms with Gasteiger partial charge in [0.05, 0.1) is 0 Å². The number of nitriles is 1. The maximum atomic E-state index is 12.7. The van der Waals surface area contributed by atoms with Gasteiger partial charge in [-0.3, -0.25) is 9.59 Å². The highest BCUT2D eigenvalue weighted by molar-refractivity contribution is 5.93.